The third kappa shape index (κ3) is 6.18. The maximum atomic E-state index is 15.4. The van der Waals surface area contributed by atoms with Gasteiger partial charge in [0.15, 0.2) is 21.3 Å². The minimum atomic E-state index is -3.57. The van der Waals surface area contributed by atoms with Gasteiger partial charge in [-0.3, -0.25) is 14.2 Å². The van der Waals surface area contributed by atoms with Crippen LogP contribution in [0, 0.1) is 0 Å². The van der Waals surface area contributed by atoms with Crippen molar-refractivity contribution in [2.75, 3.05) is 39.4 Å². The molecule has 4 aromatic rings. The second kappa shape index (κ2) is 12.6. The van der Waals surface area contributed by atoms with Crippen molar-refractivity contribution >= 4 is 32.7 Å². The highest BCUT2D eigenvalue weighted by Crippen LogP contribution is 2.35. The van der Waals surface area contributed by atoms with Gasteiger partial charge < -0.3 is 24.4 Å². The van der Waals surface area contributed by atoms with Crippen molar-refractivity contribution < 1.29 is 27.8 Å². The van der Waals surface area contributed by atoms with E-state index in [-0.39, 0.29) is 28.8 Å². The topological polar surface area (TPSA) is 108 Å². The Labute approximate surface area is 251 Å². The van der Waals surface area contributed by atoms with Crippen LogP contribution in [0.4, 0.5) is 13.9 Å². The molecule has 1 aliphatic rings. The molecule has 0 radical (unpaired) electrons. The van der Waals surface area contributed by atoms with Crippen LogP contribution in [0.2, 0.25) is 0 Å². The summed E-state index contributed by atoms with van der Waals surface area (Å²) in [5.74, 6) is -3.61. The molecule has 1 N–H and O–H groups in total. The maximum Gasteiger partial charge on any atom is 0.327 e. The number of carbonyl (C=O) groups excluding carboxylic acids is 1. The molecule has 0 bridgehead atoms. The van der Waals surface area contributed by atoms with Crippen LogP contribution < -0.4 is 25.2 Å². The van der Waals surface area contributed by atoms with Gasteiger partial charge in [0.25, 0.3) is 5.56 Å². The number of halogens is 2. The molecule has 13 heteroatoms. The average molecular weight is 614 g/mol. The lowest BCUT2D eigenvalue weighted by atomic mass is 10.1. The standard InChI is InChI=1S/C30H33F2N5O5S/c1-18(19-9-6-5-7-10-19)33-25(38)22-11-8-14-36(22)29-34-24-26(43-29)35-28(30(31,32)17-40-2)37(27(24)39)16-20-12-13-21(41-3)15-23(20)42-4/h5-7,9-10,12-13,15,18,22H,8,11,14,16-17H2,1-4H3,(H,33,38)/t18-,22-/m1/s1. The Morgan fingerprint density at radius 2 is 1.91 bits per heavy atom. The van der Waals surface area contributed by atoms with Crippen LogP contribution in [-0.2, 0) is 22.0 Å². The monoisotopic (exact) mass is 613 g/mol. The number of amides is 1. The predicted molar refractivity (Wildman–Crippen MR) is 159 cm³/mol. The number of benzene rings is 2. The van der Waals surface area contributed by atoms with Crippen LogP contribution in [0.3, 0.4) is 0 Å². The van der Waals surface area contributed by atoms with Crippen molar-refractivity contribution in [2.45, 2.75) is 44.3 Å². The normalized spacial score (nSPS) is 16.0. The van der Waals surface area contributed by atoms with E-state index in [1.807, 2.05) is 42.2 Å². The van der Waals surface area contributed by atoms with Gasteiger partial charge in [0, 0.05) is 25.3 Å². The highest BCUT2D eigenvalue weighted by atomic mass is 32.1. The predicted octanol–water partition coefficient (Wildman–Crippen LogP) is 4.50. The first-order valence-corrected chi connectivity index (χ1v) is 14.6. The summed E-state index contributed by atoms with van der Waals surface area (Å²) in [5.41, 5.74) is 0.672. The molecule has 2 aromatic heterocycles. The molecule has 5 rings (SSSR count). The maximum absolute atomic E-state index is 15.4. The zero-order valence-corrected chi connectivity index (χ0v) is 25.1. The number of methoxy groups -OCH3 is 3. The number of ether oxygens (including phenoxy) is 3. The number of thiazole rings is 1. The first kappa shape index (κ1) is 30.4. The summed E-state index contributed by atoms with van der Waals surface area (Å²) in [5, 5.41) is 3.44. The van der Waals surface area contributed by atoms with Crippen molar-refractivity contribution in [3.63, 3.8) is 0 Å². The second-order valence-corrected chi connectivity index (χ2v) is 11.2. The van der Waals surface area contributed by atoms with Gasteiger partial charge in [0.05, 0.1) is 26.8 Å². The second-order valence-electron chi connectivity index (χ2n) is 10.3. The number of fused-ring (bicyclic) bond motifs is 1. The van der Waals surface area contributed by atoms with Gasteiger partial charge in [0.1, 0.15) is 24.1 Å². The van der Waals surface area contributed by atoms with Crippen molar-refractivity contribution in [1.29, 1.82) is 0 Å². The Morgan fingerprint density at radius 3 is 2.60 bits per heavy atom. The molecule has 1 amide bonds. The molecule has 2 atom stereocenters. The lowest BCUT2D eigenvalue weighted by Gasteiger charge is -2.25. The molecule has 0 saturated carbocycles. The van der Waals surface area contributed by atoms with Crippen LogP contribution in [-0.4, -0.2) is 61.0 Å². The van der Waals surface area contributed by atoms with Gasteiger partial charge in [-0.1, -0.05) is 41.7 Å². The number of aromatic nitrogens is 3. The summed E-state index contributed by atoms with van der Waals surface area (Å²) in [6.07, 6.45) is 1.33. The van der Waals surface area contributed by atoms with E-state index in [4.69, 9.17) is 14.2 Å². The van der Waals surface area contributed by atoms with Gasteiger partial charge in [-0.2, -0.15) is 8.78 Å². The Morgan fingerprint density at radius 1 is 1.14 bits per heavy atom. The van der Waals surface area contributed by atoms with E-state index in [2.05, 4.69) is 15.3 Å². The molecule has 0 unspecified atom stereocenters. The Bertz CT molecular complexity index is 1660. The largest absolute Gasteiger partial charge is 0.497 e. The zero-order chi connectivity index (χ0) is 30.7. The van der Waals surface area contributed by atoms with Crippen LogP contribution in [0.5, 0.6) is 11.5 Å². The summed E-state index contributed by atoms with van der Waals surface area (Å²) in [6.45, 7) is 1.23. The number of nitrogens with zero attached hydrogens (tertiary/aromatic N) is 4. The summed E-state index contributed by atoms with van der Waals surface area (Å²) >= 11 is 1.02. The van der Waals surface area contributed by atoms with Crippen molar-refractivity contribution in [1.82, 2.24) is 19.9 Å². The lowest BCUT2D eigenvalue weighted by Crippen LogP contribution is -2.44. The fraction of sp³-hybridized carbons (Fsp3) is 0.400. The minimum absolute atomic E-state index is 0.0480. The quantitative estimate of drug-likeness (QED) is 0.264. The van der Waals surface area contributed by atoms with E-state index >= 15 is 8.78 Å². The highest BCUT2D eigenvalue weighted by molar-refractivity contribution is 7.21. The summed E-state index contributed by atoms with van der Waals surface area (Å²) < 4.78 is 47.1. The third-order valence-corrected chi connectivity index (χ3v) is 8.43. The zero-order valence-electron chi connectivity index (χ0n) is 24.3. The first-order valence-electron chi connectivity index (χ1n) is 13.8. The number of hydrogen-bond donors (Lipinski definition) is 1. The fourth-order valence-corrected chi connectivity index (χ4v) is 6.25. The smallest absolute Gasteiger partial charge is 0.327 e. The molecule has 2 aromatic carbocycles. The van der Waals surface area contributed by atoms with Crippen LogP contribution in [0.15, 0.2) is 53.3 Å². The van der Waals surface area contributed by atoms with E-state index < -0.39 is 30.0 Å². The summed E-state index contributed by atoms with van der Waals surface area (Å²) in [7, 11) is 4.10. The van der Waals surface area contributed by atoms with Crippen molar-refractivity contribution in [2.24, 2.45) is 0 Å². The van der Waals surface area contributed by atoms with E-state index in [1.165, 1.54) is 14.2 Å². The number of carbonyl (C=O) groups is 1. The van der Waals surface area contributed by atoms with Gasteiger partial charge in [-0.25, -0.2) is 9.97 Å². The molecule has 228 valence electrons. The Balaban J connectivity index is 1.52. The van der Waals surface area contributed by atoms with Gasteiger partial charge >= 0.3 is 5.92 Å². The number of hydrogen-bond acceptors (Lipinski definition) is 9. The average Bonchev–Trinajstić information content (AvgIpc) is 3.67. The molecule has 1 saturated heterocycles. The Hall–Kier alpha value is -4.10. The molecular formula is C30H33F2N5O5S. The highest BCUT2D eigenvalue weighted by Gasteiger charge is 2.39. The molecule has 0 spiro atoms. The molecule has 0 aliphatic carbocycles. The van der Waals surface area contributed by atoms with E-state index in [1.54, 1.807) is 18.2 Å². The van der Waals surface area contributed by atoms with Crippen LogP contribution in [0.25, 0.3) is 10.3 Å². The first-order chi connectivity index (χ1) is 20.7. The third-order valence-electron chi connectivity index (χ3n) is 7.44. The number of rotatable bonds is 11. The van der Waals surface area contributed by atoms with Gasteiger partial charge in [0.2, 0.25) is 5.91 Å². The number of alkyl halides is 2. The molecule has 1 aliphatic heterocycles. The summed E-state index contributed by atoms with van der Waals surface area (Å²) in [6, 6.07) is 13.8. The van der Waals surface area contributed by atoms with E-state index in [0.29, 0.717) is 35.2 Å². The lowest BCUT2D eigenvalue weighted by molar-refractivity contribution is -0.122. The van der Waals surface area contributed by atoms with Gasteiger partial charge in [-0.15, -0.1) is 0 Å². The molecular weight excluding hydrogens is 580 g/mol. The van der Waals surface area contributed by atoms with E-state index in [9.17, 15) is 9.59 Å². The van der Waals surface area contributed by atoms with E-state index in [0.717, 1.165) is 35.0 Å². The van der Waals surface area contributed by atoms with Crippen molar-refractivity contribution in [3.8, 4) is 11.5 Å². The van der Waals surface area contributed by atoms with Crippen LogP contribution >= 0.6 is 11.3 Å². The number of anilines is 1. The molecule has 3 heterocycles. The molecule has 43 heavy (non-hydrogen) atoms. The Kier molecular flexibility index (Phi) is 8.92. The summed E-state index contributed by atoms with van der Waals surface area (Å²) in [4.78, 5) is 37.8. The molecule has 10 nitrogen and oxygen atoms in total. The number of nitrogens with one attached hydrogen (secondary N) is 1. The van der Waals surface area contributed by atoms with Gasteiger partial charge in [-0.05, 0) is 37.5 Å². The van der Waals surface area contributed by atoms with Crippen LogP contribution in [0.1, 0.15) is 42.8 Å². The van der Waals surface area contributed by atoms with Crippen molar-refractivity contribution in [3.05, 3.63) is 75.8 Å². The minimum Gasteiger partial charge on any atom is -0.497 e. The molecule has 1 fully saturated rings. The fourth-order valence-electron chi connectivity index (χ4n) is 5.25. The SMILES string of the molecule is COCC(F)(F)c1nc2sc(N3CCC[C@@H]3C(=O)N[C@H](C)c3ccccc3)nc2c(=O)n1Cc1ccc(OC)cc1OC.